The molecule has 1 fully saturated rings. The number of fused-ring (bicyclic) bond motifs is 1. The highest BCUT2D eigenvalue weighted by Crippen LogP contribution is 2.48. The first-order valence-electron chi connectivity index (χ1n) is 14.4. The van der Waals surface area contributed by atoms with Crippen molar-refractivity contribution in [2.24, 2.45) is 0 Å². The molecule has 2 aliphatic rings. The third-order valence-corrected chi connectivity index (χ3v) is 10.3. The molecule has 0 unspecified atom stereocenters. The van der Waals surface area contributed by atoms with Gasteiger partial charge < -0.3 is 15.0 Å². The average Bonchev–Trinajstić information content (AvgIpc) is 3.45. The van der Waals surface area contributed by atoms with Crippen LogP contribution in [0, 0.1) is 0 Å². The van der Waals surface area contributed by atoms with Crippen LogP contribution in [0.15, 0.2) is 54.6 Å². The molecule has 2 amide bonds. The summed E-state index contributed by atoms with van der Waals surface area (Å²) < 4.78 is 32.6. The molecule has 44 heavy (non-hydrogen) atoms. The molecule has 2 heterocycles. The molecule has 13 heteroatoms. The van der Waals surface area contributed by atoms with E-state index in [9.17, 15) is 22.8 Å². The molecular formula is C31H33Cl2N3O6S2. The van der Waals surface area contributed by atoms with Gasteiger partial charge in [0.05, 0.1) is 31.4 Å². The number of ether oxygens (including phenoxy) is 1. The molecule has 1 aromatic heterocycles. The van der Waals surface area contributed by atoms with Gasteiger partial charge in [0.1, 0.15) is 4.88 Å². The average molecular weight is 679 g/mol. The van der Waals surface area contributed by atoms with Crippen LogP contribution in [-0.2, 0) is 26.1 Å². The lowest BCUT2D eigenvalue weighted by Crippen LogP contribution is -2.59. The summed E-state index contributed by atoms with van der Waals surface area (Å²) in [6.07, 6.45) is 3.78. The lowest BCUT2D eigenvalue weighted by Gasteiger charge is -2.49. The Kier molecular flexibility index (Phi) is 10.0. The number of sulfonamides is 1. The number of thiophene rings is 1. The second-order valence-electron chi connectivity index (χ2n) is 10.9. The Labute approximate surface area is 270 Å². The highest BCUT2D eigenvalue weighted by Gasteiger charge is 2.49. The molecular weight excluding hydrogens is 645 g/mol. The number of amides is 2. The molecule has 0 radical (unpaired) electrons. The Hall–Kier alpha value is -2.96. The first kappa shape index (κ1) is 32.4. The van der Waals surface area contributed by atoms with Crippen molar-refractivity contribution in [3.63, 3.8) is 0 Å². The molecule has 1 aliphatic carbocycles. The minimum absolute atomic E-state index is 0.151. The zero-order valence-corrected chi connectivity index (χ0v) is 27.4. The van der Waals surface area contributed by atoms with Crippen molar-refractivity contribution in [2.45, 2.75) is 63.2 Å². The number of carbonyl (C=O) groups excluding carboxylic acids is 3. The third kappa shape index (κ3) is 6.97. The number of nitrogens with zero attached hydrogens (tertiary/aromatic N) is 1. The van der Waals surface area contributed by atoms with Gasteiger partial charge in [-0.3, -0.25) is 9.59 Å². The van der Waals surface area contributed by atoms with E-state index in [0.717, 1.165) is 24.0 Å². The molecule has 1 aliphatic heterocycles. The Morgan fingerprint density at radius 3 is 2.52 bits per heavy atom. The van der Waals surface area contributed by atoms with E-state index in [1.807, 2.05) is 0 Å². The minimum atomic E-state index is -3.59. The molecule has 9 nitrogen and oxygen atoms in total. The maximum atomic E-state index is 14.4. The molecule has 5 rings (SSSR count). The van der Waals surface area contributed by atoms with Crippen LogP contribution < -0.4 is 10.0 Å². The standard InChI is InChI=1S/C31H33Cl2N3O6S2/c1-3-42-31(39)26-15-13-19(43-26)17-34-29(37)27-20-8-4-5-9-21(20)30(38)36(28(27)22-14-12-18(32)16-23(22)33)25-11-7-6-10-24(25)35-44(2,40)41/h4-5,8-9,12-16,24-25,27-28,35H,3,6-7,10-11,17H2,1-2H3,(H,34,37)/t24-,25-,27+,28-/m0/s1. The van der Waals surface area contributed by atoms with E-state index in [4.69, 9.17) is 27.9 Å². The smallest absolute Gasteiger partial charge is 0.348 e. The predicted molar refractivity (Wildman–Crippen MR) is 171 cm³/mol. The fourth-order valence-electron chi connectivity index (χ4n) is 6.20. The van der Waals surface area contributed by atoms with Crippen molar-refractivity contribution in [2.75, 3.05) is 12.9 Å². The van der Waals surface area contributed by atoms with Crippen LogP contribution in [0.2, 0.25) is 10.0 Å². The summed E-state index contributed by atoms with van der Waals surface area (Å²) in [5.41, 5.74) is 1.45. The molecule has 0 spiro atoms. The van der Waals surface area contributed by atoms with Gasteiger partial charge in [-0.25, -0.2) is 17.9 Å². The number of carbonyl (C=O) groups is 3. The lowest BCUT2D eigenvalue weighted by atomic mass is 9.76. The van der Waals surface area contributed by atoms with Gasteiger partial charge >= 0.3 is 5.97 Å². The van der Waals surface area contributed by atoms with Crippen molar-refractivity contribution < 1.29 is 27.5 Å². The van der Waals surface area contributed by atoms with Crippen molar-refractivity contribution in [1.82, 2.24) is 14.9 Å². The summed E-state index contributed by atoms with van der Waals surface area (Å²) in [5.74, 6) is -1.95. The first-order chi connectivity index (χ1) is 21.0. The SMILES string of the molecule is CCOC(=O)c1ccc(CNC(=O)[C@@H]2c3ccccc3C(=O)N([C@H]3CCCC[C@@H]3NS(C)(=O)=O)[C@H]2c2ccc(Cl)cc2Cl)s1. The molecule has 2 aromatic carbocycles. The maximum absolute atomic E-state index is 14.4. The van der Waals surface area contributed by atoms with E-state index in [1.165, 1.54) is 11.3 Å². The summed E-state index contributed by atoms with van der Waals surface area (Å²) >= 11 is 14.3. The monoisotopic (exact) mass is 677 g/mol. The molecule has 4 atom stereocenters. The Morgan fingerprint density at radius 1 is 1.05 bits per heavy atom. The molecule has 1 saturated carbocycles. The number of esters is 1. The number of hydrogen-bond donors (Lipinski definition) is 2. The van der Waals surface area contributed by atoms with Crippen LogP contribution >= 0.6 is 34.5 Å². The van der Waals surface area contributed by atoms with Crippen LogP contribution in [0.1, 0.15) is 80.6 Å². The summed E-state index contributed by atoms with van der Waals surface area (Å²) in [4.78, 5) is 43.6. The van der Waals surface area contributed by atoms with Gasteiger partial charge in [-0.15, -0.1) is 11.3 Å². The van der Waals surface area contributed by atoms with E-state index in [0.29, 0.717) is 44.5 Å². The highest BCUT2D eigenvalue weighted by molar-refractivity contribution is 7.88. The molecule has 0 bridgehead atoms. The summed E-state index contributed by atoms with van der Waals surface area (Å²) in [7, 11) is -3.59. The van der Waals surface area contributed by atoms with Crippen LogP contribution in [0.4, 0.5) is 0 Å². The van der Waals surface area contributed by atoms with Crippen molar-refractivity contribution in [3.8, 4) is 0 Å². The fraction of sp³-hybridized carbons (Fsp3) is 0.387. The van der Waals surface area contributed by atoms with E-state index in [-0.39, 0.29) is 25.0 Å². The lowest BCUT2D eigenvalue weighted by molar-refractivity contribution is -0.124. The first-order valence-corrected chi connectivity index (χ1v) is 17.8. The maximum Gasteiger partial charge on any atom is 0.348 e. The third-order valence-electron chi connectivity index (χ3n) is 7.97. The van der Waals surface area contributed by atoms with Crippen LogP contribution in [0.25, 0.3) is 0 Å². The van der Waals surface area contributed by atoms with Gasteiger partial charge in [-0.2, -0.15) is 0 Å². The molecule has 2 N–H and O–H groups in total. The number of halogens is 2. The van der Waals surface area contributed by atoms with Gasteiger partial charge in [-0.05, 0) is 61.2 Å². The normalized spacial score (nSPS) is 21.9. The Morgan fingerprint density at radius 2 is 1.80 bits per heavy atom. The second-order valence-corrected chi connectivity index (χ2v) is 14.7. The number of rotatable bonds is 9. The highest BCUT2D eigenvalue weighted by atomic mass is 35.5. The largest absolute Gasteiger partial charge is 0.462 e. The zero-order valence-electron chi connectivity index (χ0n) is 24.2. The zero-order chi connectivity index (χ0) is 31.6. The van der Waals surface area contributed by atoms with Gasteiger partial charge in [0.25, 0.3) is 5.91 Å². The molecule has 3 aromatic rings. The quantitative estimate of drug-likeness (QED) is 0.281. The van der Waals surface area contributed by atoms with Crippen LogP contribution in [-0.4, -0.2) is 56.0 Å². The molecule has 234 valence electrons. The van der Waals surface area contributed by atoms with Crippen LogP contribution in [0.5, 0.6) is 0 Å². The van der Waals surface area contributed by atoms with E-state index in [2.05, 4.69) is 10.0 Å². The predicted octanol–water partition coefficient (Wildman–Crippen LogP) is 5.69. The van der Waals surface area contributed by atoms with E-state index < -0.39 is 40.0 Å². The summed E-state index contributed by atoms with van der Waals surface area (Å²) in [6, 6.07) is 13.4. The summed E-state index contributed by atoms with van der Waals surface area (Å²) in [5, 5.41) is 3.70. The van der Waals surface area contributed by atoms with Gasteiger partial charge in [0, 0.05) is 32.6 Å². The molecule has 0 saturated heterocycles. The number of benzene rings is 2. The van der Waals surface area contributed by atoms with Crippen molar-refractivity contribution in [3.05, 3.63) is 91.1 Å². The van der Waals surface area contributed by atoms with Crippen molar-refractivity contribution >= 4 is 62.3 Å². The summed E-state index contributed by atoms with van der Waals surface area (Å²) in [6.45, 7) is 2.15. The fourth-order valence-corrected chi connectivity index (χ4v) is 8.38. The topological polar surface area (TPSA) is 122 Å². The Balaban J connectivity index is 1.58. The van der Waals surface area contributed by atoms with Crippen LogP contribution in [0.3, 0.4) is 0 Å². The Bertz CT molecular complexity index is 1680. The second kappa shape index (κ2) is 13.6. The van der Waals surface area contributed by atoms with Crippen molar-refractivity contribution in [1.29, 1.82) is 0 Å². The number of nitrogens with one attached hydrogen (secondary N) is 2. The number of hydrogen-bond acceptors (Lipinski definition) is 7. The van der Waals surface area contributed by atoms with Gasteiger partial charge in [-0.1, -0.05) is 60.3 Å². The minimum Gasteiger partial charge on any atom is -0.462 e. The van der Waals surface area contributed by atoms with E-state index in [1.54, 1.807) is 66.4 Å². The van der Waals surface area contributed by atoms with E-state index >= 15 is 0 Å². The van der Waals surface area contributed by atoms with Gasteiger partial charge in [0.2, 0.25) is 15.9 Å². The van der Waals surface area contributed by atoms with Gasteiger partial charge in [0.15, 0.2) is 0 Å².